The lowest BCUT2D eigenvalue weighted by atomic mass is 9.81. The van der Waals surface area contributed by atoms with E-state index in [-0.39, 0.29) is 30.2 Å². The molecular weight excluding hydrogens is 375 g/mol. The second-order valence-corrected chi connectivity index (χ2v) is 7.11. The van der Waals surface area contributed by atoms with Crippen molar-refractivity contribution in [3.8, 4) is 5.75 Å². The molecule has 1 saturated heterocycles. The molecule has 21 heavy (non-hydrogen) atoms. The molecule has 2 rings (SSSR count). The van der Waals surface area contributed by atoms with Gasteiger partial charge < -0.3 is 10.4 Å². The van der Waals surface area contributed by atoms with Crippen molar-refractivity contribution in [2.45, 2.75) is 26.8 Å². The van der Waals surface area contributed by atoms with Crippen LogP contribution in [0.4, 0.5) is 0 Å². The number of halogens is 3. The maximum Gasteiger partial charge on any atom is 0.115 e. The van der Waals surface area contributed by atoms with Crippen molar-refractivity contribution in [1.29, 1.82) is 0 Å². The molecule has 0 bridgehead atoms. The third-order valence-corrected chi connectivity index (χ3v) is 4.33. The molecule has 0 aliphatic carbocycles. The Hall–Kier alpha value is -0.000000000000000222. The largest absolute Gasteiger partial charge is 0.508 e. The fourth-order valence-corrected chi connectivity index (χ4v) is 3.36. The molecule has 0 saturated carbocycles. The van der Waals surface area contributed by atoms with Gasteiger partial charge in [0.25, 0.3) is 0 Å². The third kappa shape index (κ3) is 5.29. The molecule has 0 amide bonds. The first kappa shape index (κ1) is 21.0. The average Bonchev–Trinajstić information content (AvgIpc) is 2.33. The van der Waals surface area contributed by atoms with Gasteiger partial charge in [0.1, 0.15) is 5.75 Å². The van der Waals surface area contributed by atoms with Crippen molar-refractivity contribution in [2.75, 3.05) is 26.2 Å². The van der Waals surface area contributed by atoms with Gasteiger partial charge in [0, 0.05) is 36.7 Å². The van der Waals surface area contributed by atoms with Crippen LogP contribution < -0.4 is 5.32 Å². The van der Waals surface area contributed by atoms with Gasteiger partial charge in [0.05, 0.1) is 0 Å². The van der Waals surface area contributed by atoms with Crippen molar-refractivity contribution >= 4 is 40.7 Å². The Kier molecular flexibility index (Phi) is 8.59. The smallest absolute Gasteiger partial charge is 0.115 e. The first-order chi connectivity index (χ1) is 8.89. The molecule has 0 spiro atoms. The summed E-state index contributed by atoms with van der Waals surface area (Å²) >= 11 is 3.64. The van der Waals surface area contributed by atoms with E-state index in [1.807, 2.05) is 12.1 Å². The Bertz CT molecular complexity index is 446. The summed E-state index contributed by atoms with van der Waals surface area (Å²) in [6.07, 6.45) is 0. The van der Waals surface area contributed by atoms with Crippen LogP contribution in [-0.4, -0.2) is 36.2 Å². The molecule has 0 radical (unpaired) electrons. The number of hydrogen-bond acceptors (Lipinski definition) is 3. The monoisotopic (exact) mass is 398 g/mol. The lowest BCUT2D eigenvalue weighted by Gasteiger charge is -2.43. The first-order valence-electron chi connectivity index (χ1n) is 6.83. The average molecular weight is 400 g/mol. The zero-order valence-corrected chi connectivity index (χ0v) is 15.9. The summed E-state index contributed by atoms with van der Waals surface area (Å²) in [6, 6.07) is 5.86. The van der Waals surface area contributed by atoms with Crippen LogP contribution in [-0.2, 0) is 0 Å². The molecule has 6 heteroatoms. The first-order valence-corrected chi connectivity index (χ1v) is 7.62. The van der Waals surface area contributed by atoms with Gasteiger partial charge in [-0.2, -0.15) is 0 Å². The summed E-state index contributed by atoms with van der Waals surface area (Å²) in [6.45, 7) is 10.9. The van der Waals surface area contributed by atoms with Crippen molar-refractivity contribution in [2.24, 2.45) is 5.41 Å². The van der Waals surface area contributed by atoms with Crippen LogP contribution >= 0.6 is 40.7 Å². The van der Waals surface area contributed by atoms with Crippen molar-refractivity contribution in [3.63, 3.8) is 0 Å². The van der Waals surface area contributed by atoms with E-state index < -0.39 is 0 Å². The van der Waals surface area contributed by atoms with Crippen LogP contribution in [0.1, 0.15) is 32.4 Å². The highest BCUT2D eigenvalue weighted by Crippen LogP contribution is 2.42. The number of phenolic OH excluding ortho intramolecular Hbond substituents is 1. The van der Waals surface area contributed by atoms with E-state index in [2.05, 4.69) is 46.9 Å². The predicted molar refractivity (Wildman–Crippen MR) is 96.9 cm³/mol. The lowest BCUT2D eigenvalue weighted by molar-refractivity contribution is 0.0856. The summed E-state index contributed by atoms with van der Waals surface area (Å²) in [5.74, 6) is 0.336. The standard InChI is InChI=1S/C15H23BrN2O.2ClH/c1-15(2,3)14(18-8-6-17-7-9-18)12-10-11(19)4-5-13(12)16;;/h4-5,10,14,17,19H,6-9H2,1-3H3;2*1H/t14-;;/m0../s1. The van der Waals surface area contributed by atoms with Gasteiger partial charge in [-0.05, 0) is 29.2 Å². The molecule has 1 heterocycles. The molecule has 1 aromatic rings. The normalized spacial score (nSPS) is 17.5. The minimum absolute atomic E-state index is 0. The van der Waals surface area contributed by atoms with Crippen molar-refractivity contribution < 1.29 is 5.11 Å². The topological polar surface area (TPSA) is 35.5 Å². The zero-order chi connectivity index (χ0) is 14.0. The molecule has 1 atom stereocenters. The Morgan fingerprint density at radius 1 is 1.19 bits per heavy atom. The van der Waals surface area contributed by atoms with Crippen LogP contribution in [0.3, 0.4) is 0 Å². The minimum Gasteiger partial charge on any atom is -0.508 e. The van der Waals surface area contributed by atoms with Crippen LogP contribution in [0.5, 0.6) is 5.75 Å². The lowest BCUT2D eigenvalue weighted by Crippen LogP contribution is -2.48. The maximum absolute atomic E-state index is 9.80. The summed E-state index contributed by atoms with van der Waals surface area (Å²) in [5.41, 5.74) is 1.29. The predicted octanol–water partition coefficient (Wildman–Crippen LogP) is 3.99. The molecule has 0 aromatic heterocycles. The van der Waals surface area contributed by atoms with Gasteiger partial charge in [-0.3, -0.25) is 4.90 Å². The van der Waals surface area contributed by atoms with Crippen LogP contribution in [0.2, 0.25) is 0 Å². The number of rotatable bonds is 2. The van der Waals surface area contributed by atoms with E-state index in [1.165, 1.54) is 5.56 Å². The van der Waals surface area contributed by atoms with Gasteiger partial charge in [-0.1, -0.05) is 36.7 Å². The number of nitrogens with zero attached hydrogens (tertiary/aromatic N) is 1. The van der Waals surface area contributed by atoms with Crippen molar-refractivity contribution in [1.82, 2.24) is 10.2 Å². The molecule has 2 N–H and O–H groups in total. The van der Waals surface area contributed by atoms with E-state index in [0.29, 0.717) is 11.8 Å². The van der Waals surface area contributed by atoms with E-state index in [9.17, 15) is 5.11 Å². The quantitative estimate of drug-likeness (QED) is 0.788. The highest BCUT2D eigenvalue weighted by molar-refractivity contribution is 9.10. The highest BCUT2D eigenvalue weighted by Gasteiger charge is 2.33. The van der Waals surface area contributed by atoms with E-state index in [4.69, 9.17) is 0 Å². The van der Waals surface area contributed by atoms with Gasteiger partial charge in [-0.25, -0.2) is 0 Å². The van der Waals surface area contributed by atoms with Gasteiger partial charge in [0.15, 0.2) is 0 Å². The zero-order valence-electron chi connectivity index (χ0n) is 12.7. The second kappa shape index (κ2) is 8.59. The minimum atomic E-state index is 0. The van der Waals surface area contributed by atoms with Gasteiger partial charge in [0.2, 0.25) is 0 Å². The Morgan fingerprint density at radius 2 is 1.76 bits per heavy atom. The SMILES string of the molecule is CC(C)(C)[C@H](c1cc(O)ccc1Br)N1CCNCC1.Cl.Cl. The molecule has 3 nitrogen and oxygen atoms in total. The summed E-state index contributed by atoms with van der Waals surface area (Å²) < 4.78 is 1.07. The summed E-state index contributed by atoms with van der Waals surface area (Å²) in [5, 5.41) is 13.2. The molecular formula is C15H25BrCl2N2O. The maximum atomic E-state index is 9.80. The van der Waals surface area contributed by atoms with E-state index >= 15 is 0 Å². The fourth-order valence-electron chi connectivity index (χ4n) is 2.89. The Labute approximate surface area is 148 Å². The Balaban J connectivity index is 0.00000200. The molecule has 122 valence electrons. The van der Waals surface area contributed by atoms with Crippen LogP contribution in [0.15, 0.2) is 22.7 Å². The highest BCUT2D eigenvalue weighted by atomic mass is 79.9. The number of benzene rings is 1. The second-order valence-electron chi connectivity index (χ2n) is 6.26. The fraction of sp³-hybridized carbons (Fsp3) is 0.600. The number of hydrogen-bond donors (Lipinski definition) is 2. The molecule has 1 fully saturated rings. The number of aromatic hydroxyl groups is 1. The number of nitrogens with one attached hydrogen (secondary N) is 1. The number of piperazine rings is 1. The summed E-state index contributed by atoms with van der Waals surface area (Å²) in [4.78, 5) is 2.51. The van der Waals surface area contributed by atoms with Crippen molar-refractivity contribution in [3.05, 3.63) is 28.2 Å². The third-order valence-electron chi connectivity index (χ3n) is 3.61. The van der Waals surface area contributed by atoms with E-state index in [0.717, 1.165) is 30.7 Å². The molecule has 1 aliphatic heterocycles. The van der Waals surface area contributed by atoms with Crippen LogP contribution in [0.25, 0.3) is 0 Å². The molecule has 0 unspecified atom stereocenters. The van der Waals surface area contributed by atoms with E-state index in [1.54, 1.807) is 6.07 Å². The van der Waals surface area contributed by atoms with Gasteiger partial charge >= 0.3 is 0 Å². The Morgan fingerprint density at radius 3 is 2.29 bits per heavy atom. The summed E-state index contributed by atoms with van der Waals surface area (Å²) in [7, 11) is 0. The van der Waals surface area contributed by atoms with Crippen LogP contribution in [0, 0.1) is 5.41 Å². The molecule has 1 aliphatic rings. The number of phenols is 1. The van der Waals surface area contributed by atoms with Gasteiger partial charge in [-0.15, -0.1) is 24.8 Å². The molecule has 1 aromatic carbocycles.